The van der Waals surface area contributed by atoms with Gasteiger partial charge in [0.25, 0.3) is 0 Å². The summed E-state index contributed by atoms with van der Waals surface area (Å²) in [6.07, 6.45) is 3.56. The molecule has 32 heavy (non-hydrogen) atoms. The number of hydrogen-bond donors (Lipinski definition) is 2. The third kappa shape index (κ3) is 5.95. The molecule has 1 aromatic heterocycles. The van der Waals surface area contributed by atoms with E-state index in [-0.39, 0.29) is 29.8 Å². The lowest BCUT2D eigenvalue weighted by molar-refractivity contribution is -0.138. The van der Waals surface area contributed by atoms with Crippen LogP contribution in [0.15, 0.2) is 47.8 Å². The molecule has 170 valence electrons. The van der Waals surface area contributed by atoms with E-state index in [9.17, 15) is 14.4 Å². The largest absolute Gasteiger partial charge is 0.351 e. The number of thiophene rings is 1. The van der Waals surface area contributed by atoms with Crippen LogP contribution in [-0.2, 0) is 20.8 Å². The molecule has 3 amide bonds. The quantitative estimate of drug-likeness (QED) is 0.674. The van der Waals surface area contributed by atoms with E-state index in [1.54, 1.807) is 16.2 Å². The number of nitrogens with one attached hydrogen (secondary N) is 2. The zero-order valence-electron chi connectivity index (χ0n) is 18.2. The van der Waals surface area contributed by atoms with E-state index in [2.05, 4.69) is 15.5 Å². The molecule has 1 unspecified atom stereocenters. The highest BCUT2D eigenvalue weighted by Gasteiger charge is 2.35. The smallest absolute Gasteiger partial charge is 0.243 e. The van der Waals surface area contributed by atoms with Crippen molar-refractivity contribution in [1.82, 2.24) is 15.1 Å². The average Bonchev–Trinajstić information content (AvgIpc) is 3.48. The first kappa shape index (κ1) is 22.5. The maximum atomic E-state index is 12.9. The minimum Gasteiger partial charge on any atom is -0.351 e. The molecule has 2 aromatic rings. The van der Waals surface area contributed by atoms with Crippen molar-refractivity contribution >= 4 is 34.7 Å². The summed E-state index contributed by atoms with van der Waals surface area (Å²) in [4.78, 5) is 42.8. The van der Waals surface area contributed by atoms with Crippen LogP contribution >= 0.6 is 11.3 Å². The molecule has 0 bridgehead atoms. The Morgan fingerprint density at radius 1 is 0.969 bits per heavy atom. The highest BCUT2D eigenvalue weighted by atomic mass is 32.1. The van der Waals surface area contributed by atoms with Gasteiger partial charge in [-0.3, -0.25) is 19.3 Å². The molecule has 0 spiro atoms. The fourth-order valence-electron chi connectivity index (χ4n) is 4.46. The van der Waals surface area contributed by atoms with E-state index < -0.39 is 0 Å². The monoisotopic (exact) mass is 454 g/mol. The van der Waals surface area contributed by atoms with Gasteiger partial charge in [-0.05, 0) is 49.3 Å². The van der Waals surface area contributed by atoms with Crippen LogP contribution in [0.2, 0.25) is 0 Å². The lowest BCUT2D eigenvalue weighted by Crippen LogP contribution is -2.52. The number of likely N-dealkylation sites (tertiary alicyclic amines) is 2. The van der Waals surface area contributed by atoms with Gasteiger partial charge in [-0.1, -0.05) is 24.3 Å². The van der Waals surface area contributed by atoms with E-state index in [0.29, 0.717) is 19.5 Å². The summed E-state index contributed by atoms with van der Waals surface area (Å²) in [5, 5.41) is 8.04. The van der Waals surface area contributed by atoms with Gasteiger partial charge in [-0.2, -0.15) is 0 Å². The number of anilines is 1. The van der Waals surface area contributed by atoms with Crippen molar-refractivity contribution < 1.29 is 14.4 Å². The molecule has 1 aromatic carbocycles. The van der Waals surface area contributed by atoms with Gasteiger partial charge >= 0.3 is 0 Å². The standard InChI is InChI=1S/C24H30N4O3S/c29-22(25-18-6-2-1-3-7-18)17-27-13-10-19(11-14-27)26-24(31)21-9-4-12-28(21)23(30)16-20-8-5-15-32-20/h1-3,5-8,15,19,21H,4,9-14,16-17H2,(H,25,29)(H,26,31). The summed E-state index contributed by atoms with van der Waals surface area (Å²) >= 11 is 1.57. The Balaban J connectivity index is 1.21. The summed E-state index contributed by atoms with van der Waals surface area (Å²) < 4.78 is 0. The minimum atomic E-state index is -0.364. The number of rotatable bonds is 7. The molecular formula is C24H30N4O3S. The highest BCUT2D eigenvalue weighted by molar-refractivity contribution is 7.10. The van der Waals surface area contributed by atoms with Crippen LogP contribution in [0.4, 0.5) is 5.69 Å². The molecule has 4 rings (SSSR count). The molecule has 7 nitrogen and oxygen atoms in total. The van der Waals surface area contributed by atoms with Gasteiger partial charge in [0.1, 0.15) is 6.04 Å². The number of carbonyl (C=O) groups excluding carboxylic acids is 3. The van der Waals surface area contributed by atoms with Gasteiger partial charge in [0.2, 0.25) is 17.7 Å². The molecule has 2 aliphatic heterocycles. The predicted octanol–water partition coefficient (Wildman–Crippen LogP) is 2.50. The summed E-state index contributed by atoms with van der Waals surface area (Å²) in [7, 11) is 0. The average molecular weight is 455 g/mol. The van der Waals surface area contributed by atoms with Crippen molar-refractivity contribution in [2.24, 2.45) is 0 Å². The normalized spacial score (nSPS) is 19.6. The van der Waals surface area contributed by atoms with Crippen molar-refractivity contribution in [2.75, 3.05) is 31.5 Å². The molecular weight excluding hydrogens is 424 g/mol. The lowest BCUT2D eigenvalue weighted by atomic mass is 10.0. The summed E-state index contributed by atoms with van der Waals surface area (Å²) in [5.41, 5.74) is 0.800. The number of carbonyl (C=O) groups is 3. The Morgan fingerprint density at radius 2 is 1.75 bits per heavy atom. The Labute approximate surface area is 192 Å². The molecule has 2 fully saturated rings. The van der Waals surface area contributed by atoms with E-state index in [1.807, 2.05) is 47.8 Å². The maximum absolute atomic E-state index is 12.9. The third-order valence-corrected chi connectivity index (χ3v) is 7.02. The van der Waals surface area contributed by atoms with Gasteiger partial charge in [0.05, 0.1) is 13.0 Å². The topological polar surface area (TPSA) is 81.8 Å². The molecule has 0 aliphatic carbocycles. The second kappa shape index (κ2) is 10.7. The van der Waals surface area contributed by atoms with Crippen LogP contribution in [0.1, 0.15) is 30.6 Å². The van der Waals surface area contributed by atoms with E-state index in [4.69, 9.17) is 0 Å². The fraction of sp³-hybridized carbons (Fsp3) is 0.458. The second-order valence-corrected chi connectivity index (χ2v) is 9.51. The van der Waals surface area contributed by atoms with Gasteiger partial charge in [0.15, 0.2) is 0 Å². The number of hydrogen-bond acceptors (Lipinski definition) is 5. The third-order valence-electron chi connectivity index (χ3n) is 6.14. The first-order chi connectivity index (χ1) is 15.6. The van der Waals surface area contributed by atoms with Crippen LogP contribution in [0.5, 0.6) is 0 Å². The minimum absolute atomic E-state index is 0.0236. The predicted molar refractivity (Wildman–Crippen MR) is 125 cm³/mol. The molecule has 2 aliphatic rings. The number of amides is 3. The van der Waals surface area contributed by atoms with Crippen molar-refractivity contribution in [3.05, 3.63) is 52.7 Å². The Kier molecular flexibility index (Phi) is 7.55. The molecule has 1 atom stereocenters. The highest BCUT2D eigenvalue weighted by Crippen LogP contribution is 2.21. The molecule has 3 heterocycles. The van der Waals surface area contributed by atoms with E-state index >= 15 is 0 Å². The van der Waals surface area contributed by atoms with Crippen LogP contribution in [0.3, 0.4) is 0 Å². The Morgan fingerprint density at radius 3 is 2.47 bits per heavy atom. The van der Waals surface area contributed by atoms with Crippen molar-refractivity contribution in [2.45, 2.75) is 44.2 Å². The van der Waals surface area contributed by atoms with Crippen LogP contribution in [0.25, 0.3) is 0 Å². The molecule has 0 radical (unpaired) electrons. The zero-order chi connectivity index (χ0) is 22.3. The maximum Gasteiger partial charge on any atom is 0.243 e. The van der Waals surface area contributed by atoms with Crippen LogP contribution in [-0.4, -0.2) is 65.8 Å². The number of nitrogens with zero attached hydrogens (tertiary/aromatic N) is 2. The zero-order valence-corrected chi connectivity index (χ0v) is 19.0. The van der Waals surface area contributed by atoms with Gasteiger partial charge in [-0.25, -0.2) is 0 Å². The Bertz CT molecular complexity index is 911. The van der Waals surface area contributed by atoms with Crippen molar-refractivity contribution in [3.8, 4) is 0 Å². The first-order valence-corrected chi connectivity index (χ1v) is 12.2. The second-order valence-electron chi connectivity index (χ2n) is 8.47. The van der Waals surface area contributed by atoms with E-state index in [1.165, 1.54) is 0 Å². The number of piperidine rings is 1. The number of para-hydroxylation sites is 1. The molecule has 2 saturated heterocycles. The van der Waals surface area contributed by atoms with Crippen LogP contribution in [0, 0.1) is 0 Å². The van der Waals surface area contributed by atoms with Crippen molar-refractivity contribution in [3.63, 3.8) is 0 Å². The van der Waals surface area contributed by atoms with Gasteiger partial charge < -0.3 is 15.5 Å². The summed E-state index contributed by atoms with van der Waals surface area (Å²) in [5.74, 6) is -0.0313. The first-order valence-electron chi connectivity index (χ1n) is 11.3. The molecule has 8 heteroatoms. The van der Waals surface area contributed by atoms with E-state index in [0.717, 1.165) is 49.3 Å². The Hall–Kier alpha value is -2.71. The fourth-order valence-corrected chi connectivity index (χ4v) is 5.16. The van der Waals surface area contributed by atoms with Gasteiger partial charge in [-0.15, -0.1) is 11.3 Å². The molecule has 2 N–H and O–H groups in total. The summed E-state index contributed by atoms with van der Waals surface area (Å²) in [6, 6.07) is 13.1. The SMILES string of the molecule is O=C(CN1CCC(NC(=O)C2CCCN2C(=O)Cc2cccs2)CC1)Nc1ccccc1. The number of benzene rings is 1. The summed E-state index contributed by atoms with van der Waals surface area (Å²) in [6.45, 7) is 2.53. The van der Waals surface area contributed by atoms with Crippen LogP contribution < -0.4 is 10.6 Å². The lowest BCUT2D eigenvalue weighted by Gasteiger charge is -2.33. The molecule has 0 saturated carbocycles. The van der Waals surface area contributed by atoms with Gasteiger partial charge in [0, 0.05) is 36.2 Å². The van der Waals surface area contributed by atoms with Crippen molar-refractivity contribution in [1.29, 1.82) is 0 Å².